The topological polar surface area (TPSA) is 47.1 Å². The SMILES string of the molecule is C=C(F)C(=O)N1CCN(C(C)C)CC1.C=CC(=O)N1CCN(C(C)C)CC1. The van der Waals surface area contributed by atoms with Gasteiger partial charge in [0.1, 0.15) is 0 Å². The number of amides is 2. The first kappa shape index (κ1) is 23.3. The summed E-state index contributed by atoms with van der Waals surface area (Å²) in [4.78, 5) is 30.5. The van der Waals surface area contributed by atoms with E-state index in [1.54, 1.807) is 0 Å². The van der Waals surface area contributed by atoms with Crippen LogP contribution in [0.15, 0.2) is 25.1 Å². The zero-order valence-electron chi connectivity index (χ0n) is 17.3. The Morgan fingerprint density at radius 3 is 1.48 bits per heavy atom. The van der Waals surface area contributed by atoms with Crippen molar-refractivity contribution >= 4 is 11.8 Å². The molecule has 0 aromatic rings. The number of hydrogen-bond donors (Lipinski definition) is 0. The van der Waals surface area contributed by atoms with Crippen molar-refractivity contribution in [2.75, 3.05) is 52.4 Å². The third-order valence-corrected chi connectivity index (χ3v) is 5.09. The lowest BCUT2D eigenvalue weighted by Gasteiger charge is -2.36. The Hall–Kier alpha value is -1.73. The van der Waals surface area contributed by atoms with Crippen molar-refractivity contribution in [3.05, 3.63) is 25.1 Å². The zero-order chi connectivity index (χ0) is 20.6. The van der Waals surface area contributed by atoms with Gasteiger partial charge in [0, 0.05) is 64.4 Å². The van der Waals surface area contributed by atoms with Gasteiger partial charge in [-0.25, -0.2) is 4.39 Å². The number of piperazine rings is 2. The van der Waals surface area contributed by atoms with Gasteiger partial charge in [-0.1, -0.05) is 13.2 Å². The fourth-order valence-electron chi connectivity index (χ4n) is 3.20. The number of carbonyl (C=O) groups excluding carboxylic acids is 2. The van der Waals surface area contributed by atoms with Crippen molar-refractivity contribution < 1.29 is 14.0 Å². The van der Waals surface area contributed by atoms with Gasteiger partial charge in [-0.3, -0.25) is 19.4 Å². The molecule has 2 aliphatic rings. The largest absolute Gasteiger partial charge is 0.337 e. The first-order valence-corrected chi connectivity index (χ1v) is 9.70. The fraction of sp³-hybridized carbons (Fsp3) is 0.700. The molecule has 0 bridgehead atoms. The van der Waals surface area contributed by atoms with Gasteiger partial charge >= 0.3 is 0 Å². The molecule has 0 saturated carbocycles. The van der Waals surface area contributed by atoms with Crippen LogP contribution >= 0.6 is 0 Å². The van der Waals surface area contributed by atoms with Crippen molar-refractivity contribution in [2.24, 2.45) is 0 Å². The molecule has 0 aliphatic carbocycles. The third kappa shape index (κ3) is 7.42. The summed E-state index contributed by atoms with van der Waals surface area (Å²) < 4.78 is 12.5. The van der Waals surface area contributed by atoms with Crippen molar-refractivity contribution in [2.45, 2.75) is 39.8 Å². The molecule has 0 unspecified atom stereocenters. The molecule has 2 amide bonds. The summed E-state index contributed by atoms with van der Waals surface area (Å²) in [6.45, 7) is 21.6. The van der Waals surface area contributed by atoms with Crippen LogP contribution in [0.1, 0.15) is 27.7 Å². The highest BCUT2D eigenvalue weighted by Gasteiger charge is 2.23. The van der Waals surface area contributed by atoms with E-state index < -0.39 is 11.7 Å². The molecule has 0 spiro atoms. The van der Waals surface area contributed by atoms with Crippen LogP contribution in [-0.2, 0) is 9.59 Å². The maximum atomic E-state index is 12.5. The first-order chi connectivity index (χ1) is 12.7. The predicted molar refractivity (Wildman–Crippen MR) is 107 cm³/mol. The van der Waals surface area contributed by atoms with Gasteiger partial charge in [-0.05, 0) is 33.8 Å². The average molecular weight is 383 g/mol. The van der Waals surface area contributed by atoms with Crippen LogP contribution in [-0.4, -0.2) is 95.9 Å². The molecule has 2 fully saturated rings. The Kier molecular flexibility index (Phi) is 9.66. The zero-order valence-corrected chi connectivity index (χ0v) is 17.3. The van der Waals surface area contributed by atoms with E-state index in [2.05, 4.69) is 50.7 Å². The molecule has 0 aromatic heterocycles. The molecule has 2 saturated heterocycles. The molecule has 27 heavy (non-hydrogen) atoms. The fourth-order valence-corrected chi connectivity index (χ4v) is 3.20. The Balaban J connectivity index is 0.000000271. The molecule has 0 radical (unpaired) electrons. The van der Waals surface area contributed by atoms with Crippen LogP contribution in [0.3, 0.4) is 0 Å². The van der Waals surface area contributed by atoms with E-state index in [1.165, 1.54) is 11.0 Å². The van der Waals surface area contributed by atoms with Gasteiger partial charge in [0.05, 0.1) is 0 Å². The Morgan fingerprint density at radius 2 is 1.19 bits per heavy atom. The Morgan fingerprint density at radius 1 is 0.815 bits per heavy atom. The van der Waals surface area contributed by atoms with E-state index in [1.807, 2.05) is 4.90 Å². The molecular weight excluding hydrogens is 347 g/mol. The van der Waals surface area contributed by atoms with Crippen LogP contribution in [0, 0.1) is 0 Å². The second-order valence-corrected chi connectivity index (χ2v) is 7.49. The summed E-state index contributed by atoms with van der Waals surface area (Å²) in [5.74, 6) is -1.36. The van der Waals surface area contributed by atoms with E-state index in [0.29, 0.717) is 25.2 Å². The second-order valence-electron chi connectivity index (χ2n) is 7.49. The summed E-state index contributed by atoms with van der Waals surface area (Å²) in [5, 5.41) is 0. The van der Waals surface area contributed by atoms with Gasteiger partial charge in [-0.2, -0.15) is 0 Å². The summed E-state index contributed by atoms with van der Waals surface area (Å²) in [5.41, 5.74) is 0. The van der Waals surface area contributed by atoms with Crippen LogP contribution in [0.5, 0.6) is 0 Å². The third-order valence-electron chi connectivity index (χ3n) is 5.09. The first-order valence-electron chi connectivity index (χ1n) is 9.70. The van der Waals surface area contributed by atoms with Crippen LogP contribution in [0.25, 0.3) is 0 Å². The predicted octanol–water partition coefficient (Wildman–Crippen LogP) is 1.75. The summed E-state index contributed by atoms with van der Waals surface area (Å²) in [6.07, 6.45) is 1.39. The van der Waals surface area contributed by atoms with Gasteiger partial charge < -0.3 is 9.80 Å². The normalized spacial score (nSPS) is 18.9. The molecule has 0 atom stereocenters. The molecule has 0 N–H and O–H groups in total. The number of rotatable bonds is 4. The monoisotopic (exact) mass is 382 g/mol. The van der Waals surface area contributed by atoms with E-state index >= 15 is 0 Å². The smallest absolute Gasteiger partial charge is 0.282 e. The lowest BCUT2D eigenvalue weighted by molar-refractivity contribution is -0.130. The van der Waals surface area contributed by atoms with Crippen molar-refractivity contribution in [1.82, 2.24) is 19.6 Å². The second kappa shape index (κ2) is 11.2. The van der Waals surface area contributed by atoms with Gasteiger partial charge in [0.2, 0.25) is 5.91 Å². The number of nitrogens with zero attached hydrogens (tertiary/aromatic N) is 4. The Labute approximate surface area is 163 Å². The minimum atomic E-state index is -0.858. The number of hydrogen-bond acceptors (Lipinski definition) is 4. The highest BCUT2D eigenvalue weighted by Crippen LogP contribution is 2.09. The number of carbonyl (C=O) groups is 2. The van der Waals surface area contributed by atoms with Crippen molar-refractivity contribution in [3.8, 4) is 0 Å². The van der Waals surface area contributed by atoms with E-state index in [0.717, 1.165) is 39.3 Å². The molecule has 2 heterocycles. The summed E-state index contributed by atoms with van der Waals surface area (Å²) in [7, 11) is 0. The maximum Gasteiger partial charge on any atom is 0.282 e. The molecule has 0 aromatic carbocycles. The van der Waals surface area contributed by atoms with Crippen molar-refractivity contribution in [3.63, 3.8) is 0 Å². The standard InChI is InChI=1S/C10H17FN2O.C10H18N2O/c1-8(2)12-4-6-13(7-5-12)10(14)9(3)11;1-4-10(13)12-7-5-11(6-8-12)9(2)3/h8H,3-7H2,1-2H3;4,9H,1,5-8H2,2-3H3. The molecule has 2 rings (SSSR count). The quantitative estimate of drug-likeness (QED) is 0.695. The summed E-state index contributed by atoms with van der Waals surface area (Å²) in [6, 6.07) is 1.07. The Bertz CT molecular complexity index is 520. The lowest BCUT2D eigenvalue weighted by atomic mass is 10.2. The molecule has 154 valence electrons. The minimum absolute atomic E-state index is 0.0587. The van der Waals surface area contributed by atoms with Gasteiger partial charge in [0.25, 0.3) is 5.91 Å². The highest BCUT2D eigenvalue weighted by atomic mass is 19.1. The lowest BCUT2D eigenvalue weighted by Crippen LogP contribution is -2.50. The van der Waals surface area contributed by atoms with Gasteiger partial charge in [-0.15, -0.1) is 0 Å². The highest BCUT2D eigenvalue weighted by molar-refractivity contribution is 5.90. The van der Waals surface area contributed by atoms with Crippen molar-refractivity contribution in [1.29, 1.82) is 0 Å². The minimum Gasteiger partial charge on any atom is -0.337 e. The van der Waals surface area contributed by atoms with Crippen LogP contribution in [0.4, 0.5) is 4.39 Å². The van der Waals surface area contributed by atoms with E-state index in [9.17, 15) is 14.0 Å². The molecular formula is C20H35FN4O2. The number of halogens is 1. The van der Waals surface area contributed by atoms with Crippen LogP contribution < -0.4 is 0 Å². The molecule has 7 heteroatoms. The van der Waals surface area contributed by atoms with E-state index in [4.69, 9.17) is 0 Å². The maximum absolute atomic E-state index is 12.5. The summed E-state index contributed by atoms with van der Waals surface area (Å²) >= 11 is 0. The van der Waals surface area contributed by atoms with E-state index in [-0.39, 0.29) is 5.91 Å². The van der Waals surface area contributed by atoms with Gasteiger partial charge in [0.15, 0.2) is 5.83 Å². The molecule has 2 aliphatic heterocycles. The molecule has 6 nitrogen and oxygen atoms in total. The van der Waals surface area contributed by atoms with Crippen LogP contribution in [0.2, 0.25) is 0 Å². The average Bonchev–Trinajstić information content (AvgIpc) is 2.67.